The zero-order valence-electron chi connectivity index (χ0n) is 18.4. The van der Waals surface area contributed by atoms with Gasteiger partial charge in [0.25, 0.3) is 5.91 Å². The van der Waals surface area contributed by atoms with Crippen LogP contribution in [0.1, 0.15) is 15.9 Å². The zero-order chi connectivity index (χ0) is 24.7. The lowest BCUT2D eigenvalue weighted by atomic mass is 10.1. The van der Waals surface area contributed by atoms with Gasteiger partial charge >= 0.3 is 5.97 Å². The second-order valence-electron chi connectivity index (χ2n) is 6.95. The fourth-order valence-corrected chi connectivity index (χ4v) is 2.97. The molecule has 0 unspecified atom stereocenters. The molecule has 1 aliphatic rings. The Balaban J connectivity index is 1.59. The molecule has 2 amide bonds. The molecule has 2 aromatic rings. The van der Waals surface area contributed by atoms with Gasteiger partial charge in [-0.05, 0) is 35.9 Å². The quantitative estimate of drug-likeness (QED) is 0.433. The molecule has 3 N–H and O–H groups in total. The first-order chi connectivity index (χ1) is 16.3. The average molecular weight is 470 g/mol. The number of ketones is 1. The van der Waals surface area contributed by atoms with Gasteiger partial charge in [-0.1, -0.05) is 6.07 Å². The second-order valence-corrected chi connectivity index (χ2v) is 6.95. The van der Waals surface area contributed by atoms with Gasteiger partial charge in [-0.2, -0.15) is 0 Å². The summed E-state index contributed by atoms with van der Waals surface area (Å²) in [6.07, 6.45) is 1.58. The summed E-state index contributed by atoms with van der Waals surface area (Å²) >= 11 is 0. The topological polar surface area (TPSA) is 149 Å². The van der Waals surface area contributed by atoms with Crippen molar-refractivity contribution in [1.82, 2.24) is 10.6 Å². The van der Waals surface area contributed by atoms with Crippen LogP contribution in [-0.4, -0.2) is 62.6 Å². The number of rotatable bonds is 10. The largest absolute Gasteiger partial charge is 0.493 e. The molecule has 34 heavy (non-hydrogen) atoms. The van der Waals surface area contributed by atoms with Gasteiger partial charge in [-0.3, -0.25) is 19.2 Å². The molecule has 0 radical (unpaired) electrons. The van der Waals surface area contributed by atoms with Crippen LogP contribution < -0.4 is 29.6 Å². The number of nitrogens with one attached hydrogen (secondary N) is 2. The van der Waals surface area contributed by atoms with E-state index < -0.39 is 30.9 Å². The van der Waals surface area contributed by atoms with E-state index in [1.54, 1.807) is 24.3 Å². The van der Waals surface area contributed by atoms with Crippen LogP contribution in [0.15, 0.2) is 42.2 Å². The lowest BCUT2D eigenvalue weighted by Crippen LogP contribution is -2.40. The Labute approximate surface area is 194 Å². The molecule has 0 aromatic heterocycles. The Bertz CT molecular complexity index is 1160. The molecule has 0 bridgehead atoms. The Morgan fingerprint density at radius 3 is 2.41 bits per heavy atom. The number of amides is 2. The zero-order valence-corrected chi connectivity index (χ0v) is 18.4. The molecule has 3 rings (SSSR count). The number of Topliss-reactive ketones (excluding diaryl/α,β-unsaturated/α-hetero) is 1. The maximum absolute atomic E-state index is 12.7. The molecule has 2 aromatic carbocycles. The van der Waals surface area contributed by atoms with Crippen molar-refractivity contribution < 1.29 is 43.2 Å². The molecule has 11 heteroatoms. The molecular weight excluding hydrogens is 448 g/mol. The van der Waals surface area contributed by atoms with E-state index in [0.717, 1.165) is 0 Å². The van der Waals surface area contributed by atoms with Crippen LogP contribution in [-0.2, 0) is 14.4 Å². The number of carboxylic acid groups (broad SMARTS) is 1. The van der Waals surface area contributed by atoms with Gasteiger partial charge in [0.15, 0.2) is 23.9 Å². The highest BCUT2D eigenvalue weighted by atomic mass is 16.5. The summed E-state index contributed by atoms with van der Waals surface area (Å²) in [5.41, 5.74) is 1.02. The Morgan fingerprint density at radius 2 is 1.71 bits per heavy atom. The van der Waals surface area contributed by atoms with E-state index in [0.29, 0.717) is 22.6 Å². The molecule has 11 nitrogen and oxygen atoms in total. The highest BCUT2D eigenvalue weighted by Gasteiger charge is 2.28. The van der Waals surface area contributed by atoms with Crippen molar-refractivity contribution >= 4 is 29.6 Å². The number of carbonyl (C=O) groups is 4. The third kappa shape index (κ3) is 6.03. The van der Waals surface area contributed by atoms with Crippen LogP contribution >= 0.6 is 0 Å². The maximum atomic E-state index is 12.7. The molecule has 0 aliphatic carbocycles. The number of ether oxygens (including phenoxy) is 4. The van der Waals surface area contributed by atoms with E-state index in [4.69, 9.17) is 24.1 Å². The predicted molar refractivity (Wildman–Crippen MR) is 118 cm³/mol. The number of fused-ring (bicyclic) bond motifs is 1. The van der Waals surface area contributed by atoms with Crippen molar-refractivity contribution in [2.24, 2.45) is 0 Å². The van der Waals surface area contributed by atoms with Gasteiger partial charge in [0.1, 0.15) is 18.0 Å². The van der Waals surface area contributed by atoms with Crippen LogP contribution in [0.5, 0.6) is 23.0 Å². The van der Waals surface area contributed by atoms with Crippen LogP contribution in [0.2, 0.25) is 0 Å². The number of methoxy groups -OCH3 is 2. The first-order valence-electron chi connectivity index (χ1n) is 9.99. The minimum atomic E-state index is -1.19. The first-order valence-corrected chi connectivity index (χ1v) is 9.99. The van der Waals surface area contributed by atoms with E-state index in [-0.39, 0.29) is 29.6 Å². The van der Waals surface area contributed by atoms with E-state index in [1.165, 1.54) is 32.4 Å². The number of allylic oxidation sites excluding steroid dienone is 1. The number of hydrogen-bond acceptors (Lipinski definition) is 8. The van der Waals surface area contributed by atoms with Gasteiger partial charge in [-0.25, -0.2) is 0 Å². The van der Waals surface area contributed by atoms with Gasteiger partial charge in [-0.15, -0.1) is 0 Å². The van der Waals surface area contributed by atoms with E-state index >= 15 is 0 Å². The normalized spacial score (nSPS) is 13.0. The molecule has 1 aliphatic heterocycles. The number of carbonyl (C=O) groups excluding carboxylic acids is 3. The number of aliphatic carboxylic acids is 1. The monoisotopic (exact) mass is 470 g/mol. The van der Waals surface area contributed by atoms with Gasteiger partial charge in [0.2, 0.25) is 11.7 Å². The van der Waals surface area contributed by atoms with E-state index in [1.807, 2.05) is 0 Å². The molecule has 0 fully saturated rings. The van der Waals surface area contributed by atoms with Gasteiger partial charge in [0.05, 0.1) is 26.3 Å². The van der Waals surface area contributed by atoms with Gasteiger partial charge in [0, 0.05) is 6.07 Å². The van der Waals surface area contributed by atoms with E-state index in [2.05, 4.69) is 10.6 Å². The van der Waals surface area contributed by atoms with Crippen molar-refractivity contribution in [2.75, 3.05) is 33.9 Å². The fraction of sp³-hybridized carbons (Fsp3) is 0.217. The summed E-state index contributed by atoms with van der Waals surface area (Å²) < 4.78 is 21.5. The lowest BCUT2D eigenvalue weighted by molar-refractivity contribution is -0.137. The number of carboxylic acids is 1. The van der Waals surface area contributed by atoms with Crippen molar-refractivity contribution in [3.8, 4) is 23.0 Å². The lowest BCUT2D eigenvalue weighted by Gasteiger charge is -2.08. The van der Waals surface area contributed by atoms with E-state index in [9.17, 15) is 19.2 Å². The third-order valence-electron chi connectivity index (χ3n) is 4.60. The van der Waals surface area contributed by atoms with Gasteiger partial charge < -0.3 is 34.7 Å². The summed E-state index contributed by atoms with van der Waals surface area (Å²) in [6.45, 7) is -1.32. The highest BCUT2D eigenvalue weighted by molar-refractivity contribution is 6.14. The van der Waals surface area contributed by atoms with Crippen molar-refractivity contribution in [1.29, 1.82) is 0 Å². The minimum absolute atomic E-state index is 0.115. The summed E-state index contributed by atoms with van der Waals surface area (Å²) in [5.74, 6) is -0.988. The van der Waals surface area contributed by atoms with Crippen molar-refractivity contribution in [3.63, 3.8) is 0 Å². The maximum Gasteiger partial charge on any atom is 0.322 e. The van der Waals surface area contributed by atoms with Crippen LogP contribution in [0.25, 0.3) is 6.08 Å². The van der Waals surface area contributed by atoms with Crippen LogP contribution in [0, 0.1) is 0 Å². The molecule has 0 atom stereocenters. The first kappa shape index (κ1) is 24.1. The standard InChI is InChI=1S/C23H22N2O9/c1-31-16-6-3-13(7-18(16)32-2)8-19-23(30)15-5-4-14(9-17(15)34-19)33-12-21(27)24-10-20(26)25-11-22(28)29/h3-9H,10-12H2,1-2H3,(H,24,27)(H,25,26)(H,28,29). The molecular formula is C23H22N2O9. The second kappa shape index (κ2) is 10.9. The molecule has 0 saturated carbocycles. The third-order valence-corrected chi connectivity index (χ3v) is 4.60. The van der Waals surface area contributed by atoms with Crippen molar-refractivity contribution in [3.05, 3.63) is 53.3 Å². The highest BCUT2D eigenvalue weighted by Crippen LogP contribution is 2.35. The van der Waals surface area contributed by atoms with Crippen LogP contribution in [0.4, 0.5) is 0 Å². The fourth-order valence-electron chi connectivity index (χ4n) is 2.97. The summed E-state index contributed by atoms with van der Waals surface area (Å²) in [5, 5.41) is 12.9. The Morgan fingerprint density at radius 1 is 0.971 bits per heavy atom. The number of benzene rings is 2. The number of hydrogen-bond donors (Lipinski definition) is 3. The smallest absolute Gasteiger partial charge is 0.322 e. The minimum Gasteiger partial charge on any atom is -0.493 e. The molecule has 0 saturated heterocycles. The SMILES string of the molecule is COc1ccc(C=C2Oc3cc(OCC(=O)NCC(=O)NCC(=O)O)ccc3C2=O)cc1OC. The molecule has 0 spiro atoms. The molecule has 1 heterocycles. The Hall–Kier alpha value is -4.54. The summed E-state index contributed by atoms with van der Waals surface area (Å²) in [4.78, 5) is 46.3. The molecule has 178 valence electrons. The van der Waals surface area contributed by atoms with Crippen LogP contribution in [0.3, 0.4) is 0 Å². The van der Waals surface area contributed by atoms with Crippen molar-refractivity contribution in [2.45, 2.75) is 0 Å². The summed E-state index contributed by atoms with van der Waals surface area (Å²) in [7, 11) is 3.04. The Kier molecular flexibility index (Phi) is 7.70. The summed E-state index contributed by atoms with van der Waals surface area (Å²) in [6, 6.07) is 9.70. The predicted octanol–water partition coefficient (Wildman–Crippen LogP) is 1.02. The average Bonchev–Trinajstić information content (AvgIpc) is 3.14.